The summed E-state index contributed by atoms with van der Waals surface area (Å²) in [6.07, 6.45) is 0.199. The number of nitrogens with zero attached hydrogens (tertiary/aromatic N) is 4. The lowest BCUT2D eigenvalue weighted by molar-refractivity contribution is -0.120. The lowest BCUT2D eigenvalue weighted by Gasteiger charge is -2.10. The Kier molecular flexibility index (Phi) is 6.62. The number of carbonyl (C=O) groups excluding carboxylic acids is 1. The molecule has 3 rings (SSSR count). The van der Waals surface area contributed by atoms with Crippen molar-refractivity contribution in [2.75, 3.05) is 20.8 Å². The molecule has 0 spiro atoms. The molecule has 1 heterocycles. The van der Waals surface area contributed by atoms with Gasteiger partial charge in [0.05, 0.1) is 39.5 Å². The fourth-order valence-corrected chi connectivity index (χ4v) is 2.78. The minimum atomic E-state index is -0.154. The van der Waals surface area contributed by atoms with Crippen LogP contribution in [0.1, 0.15) is 18.3 Å². The van der Waals surface area contributed by atoms with Crippen molar-refractivity contribution in [2.45, 2.75) is 19.9 Å². The number of nitrogens with one attached hydrogen (secondary N) is 1. The molecule has 2 aromatic carbocycles. The van der Waals surface area contributed by atoms with Crippen molar-refractivity contribution >= 4 is 5.91 Å². The molecule has 9 heteroatoms. The van der Waals surface area contributed by atoms with Crippen LogP contribution in [0.3, 0.4) is 0 Å². The Morgan fingerprint density at radius 1 is 1.07 bits per heavy atom. The van der Waals surface area contributed by atoms with Crippen LogP contribution in [0.15, 0.2) is 42.5 Å². The third-order valence-corrected chi connectivity index (χ3v) is 4.18. The van der Waals surface area contributed by atoms with Gasteiger partial charge in [-0.2, -0.15) is 4.68 Å². The molecule has 1 N–H and O–H groups in total. The third-order valence-electron chi connectivity index (χ3n) is 4.18. The summed E-state index contributed by atoms with van der Waals surface area (Å²) in [7, 11) is 3.13. The Bertz CT molecular complexity index is 956. The summed E-state index contributed by atoms with van der Waals surface area (Å²) in [5.41, 5.74) is 1.59. The number of aromatic nitrogens is 4. The lowest BCUT2D eigenvalue weighted by Crippen LogP contribution is -2.26. The van der Waals surface area contributed by atoms with Gasteiger partial charge in [-0.3, -0.25) is 4.79 Å². The van der Waals surface area contributed by atoms with E-state index < -0.39 is 0 Å². The van der Waals surface area contributed by atoms with Crippen LogP contribution < -0.4 is 19.5 Å². The number of tetrazole rings is 1. The fraction of sp³-hybridized carbons (Fsp3) is 0.300. The molecule has 1 aromatic heterocycles. The Hall–Kier alpha value is -3.62. The highest BCUT2D eigenvalue weighted by atomic mass is 16.5. The van der Waals surface area contributed by atoms with Gasteiger partial charge in [-0.25, -0.2) is 0 Å². The summed E-state index contributed by atoms with van der Waals surface area (Å²) >= 11 is 0. The van der Waals surface area contributed by atoms with E-state index in [0.29, 0.717) is 23.9 Å². The molecule has 152 valence electrons. The lowest BCUT2D eigenvalue weighted by atomic mass is 10.1. The molecule has 0 aliphatic heterocycles. The smallest absolute Gasteiger partial charge is 0.224 e. The molecule has 0 radical (unpaired) electrons. The second kappa shape index (κ2) is 9.54. The van der Waals surface area contributed by atoms with Gasteiger partial charge in [-0.05, 0) is 59.3 Å². The maximum Gasteiger partial charge on any atom is 0.224 e. The van der Waals surface area contributed by atoms with Crippen LogP contribution in [0.2, 0.25) is 0 Å². The van der Waals surface area contributed by atoms with Gasteiger partial charge < -0.3 is 19.5 Å². The largest absolute Gasteiger partial charge is 0.494 e. The van der Waals surface area contributed by atoms with E-state index in [4.69, 9.17) is 14.2 Å². The van der Waals surface area contributed by atoms with Crippen LogP contribution in [0.25, 0.3) is 5.69 Å². The van der Waals surface area contributed by atoms with Crippen LogP contribution in [-0.4, -0.2) is 46.9 Å². The van der Waals surface area contributed by atoms with Crippen molar-refractivity contribution in [3.05, 3.63) is 53.9 Å². The van der Waals surface area contributed by atoms with Crippen LogP contribution in [0.4, 0.5) is 0 Å². The third kappa shape index (κ3) is 5.01. The van der Waals surface area contributed by atoms with Crippen molar-refractivity contribution < 1.29 is 19.0 Å². The highest BCUT2D eigenvalue weighted by molar-refractivity contribution is 5.78. The first-order valence-electron chi connectivity index (χ1n) is 9.12. The minimum Gasteiger partial charge on any atom is -0.494 e. The molecule has 0 aliphatic rings. The molecule has 0 saturated carbocycles. The quantitative estimate of drug-likeness (QED) is 0.589. The highest BCUT2D eigenvalue weighted by Gasteiger charge is 2.12. The van der Waals surface area contributed by atoms with Gasteiger partial charge in [-0.15, -0.1) is 5.10 Å². The van der Waals surface area contributed by atoms with Crippen LogP contribution in [0, 0.1) is 0 Å². The molecule has 0 bridgehead atoms. The molecule has 0 fully saturated rings. The SMILES string of the molecule is CCOc1ccc(-n2nnnc2CNC(=O)Cc2ccc(OC)c(OC)c2)cc1. The normalized spacial score (nSPS) is 10.4. The topological polar surface area (TPSA) is 100 Å². The first-order valence-corrected chi connectivity index (χ1v) is 9.12. The summed E-state index contributed by atoms with van der Waals surface area (Å²) in [5, 5.41) is 14.6. The van der Waals surface area contributed by atoms with Crippen LogP contribution >= 0.6 is 0 Å². The number of carbonyl (C=O) groups is 1. The van der Waals surface area contributed by atoms with Gasteiger partial charge in [0.25, 0.3) is 0 Å². The molecular formula is C20H23N5O4. The number of hydrogen-bond acceptors (Lipinski definition) is 7. The Balaban J connectivity index is 1.62. The first kappa shape index (κ1) is 20.1. The number of methoxy groups -OCH3 is 2. The highest BCUT2D eigenvalue weighted by Crippen LogP contribution is 2.27. The Morgan fingerprint density at radius 3 is 2.52 bits per heavy atom. The maximum absolute atomic E-state index is 12.3. The van der Waals surface area contributed by atoms with Crippen molar-refractivity contribution in [1.82, 2.24) is 25.5 Å². The monoisotopic (exact) mass is 397 g/mol. The van der Waals surface area contributed by atoms with E-state index in [0.717, 1.165) is 17.0 Å². The number of hydrogen-bond donors (Lipinski definition) is 1. The van der Waals surface area contributed by atoms with Gasteiger partial charge in [0.1, 0.15) is 5.75 Å². The van der Waals surface area contributed by atoms with Gasteiger partial charge in [-0.1, -0.05) is 6.07 Å². The number of rotatable bonds is 9. The van der Waals surface area contributed by atoms with Crippen molar-refractivity contribution in [3.63, 3.8) is 0 Å². The van der Waals surface area contributed by atoms with E-state index in [-0.39, 0.29) is 18.9 Å². The number of benzene rings is 2. The minimum absolute atomic E-state index is 0.154. The summed E-state index contributed by atoms with van der Waals surface area (Å²) in [6, 6.07) is 12.8. The van der Waals surface area contributed by atoms with E-state index in [9.17, 15) is 4.79 Å². The second-order valence-corrected chi connectivity index (χ2v) is 6.08. The van der Waals surface area contributed by atoms with Gasteiger partial charge in [0, 0.05) is 0 Å². The predicted octanol–water partition coefficient (Wildman–Crippen LogP) is 1.94. The molecular weight excluding hydrogens is 374 g/mol. The van der Waals surface area contributed by atoms with E-state index >= 15 is 0 Å². The molecule has 29 heavy (non-hydrogen) atoms. The molecule has 0 atom stereocenters. The second-order valence-electron chi connectivity index (χ2n) is 6.08. The maximum atomic E-state index is 12.3. The van der Waals surface area contributed by atoms with Gasteiger partial charge >= 0.3 is 0 Å². The predicted molar refractivity (Wildman–Crippen MR) is 105 cm³/mol. The van der Waals surface area contributed by atoms with Crippen molar-refractivity contribution in [3.8, 4) is 22.9 Å². The van der Waals surface area contributed by atoms with E-state index in [2.05, 4.69) is 20.8 Å². The summed E-state index contributed by atoms with van der Waals surface area (Å²) < 4.78 is 17.5. The fourth-order valence-electron chi connectivity index (χ4n) is 2.78. The summed E-state index contributed by atoms with van der Waals surface area (Å²) in [6.45, 7) is 2.73. The van der Waals surface area contributed by atoms with E-state index in [1.165, 1.54) is 0 Å². The molecule has 3 aromatic rings. The number of amides is 1. The Labute approximate surface area is 168 Å². The summed E-state index contributed by atoms with van der Waals surface area (Å²) in [4.78, 5) is 12.3. The van der Waals surface area contributed by atoms with Gasteiger partial charge in [0.2, 0.25) is 5.91 Å². The molecule has 9 nitrogen and oxygen atoms in total. The zero-order chi connectivity index (χ0) is 20.6. The van der Waals surface area contributed by atoms with E-state index in [1.807, 2.05) is 37.3 Å². The van der Waals surface area contributed by atoms with Crippen molar-refractivity contribution in [1.29, 1.82) is 0 Å². The zero-order valence-corrected chi connectivity index (χ0v) is 16.6. The Morgan fingerprint density at radius 2 is 1.83 bits per heavy atom. The number of ether oxygens (including phenoxy) is 3. The standard InChI is InChI=1S/C20H23N5O4/c1-4-29-16-8-6-15(7-9-16)25-19(22-23-24-25)13-21-20(26)12-14-5-10-17(27-2)18(11-14)28-3/h5-11H,4,12-13H2,1-3H3,(H,21,26). The molecule has 0 saturated heterocycles. The van der Waals surface area contributed by atoms with Gasteiger partial charge in [0.15, 0.2) is 17.3 Å². The van der Waals surface area contributed by atoms with Crippen LogP contribution in [0.5, 0.6) is 17.2 Å². The molecule has 1 amide bonds. The van der Waals surface area contributed by atoms with Crippen LogP contribution in [-0.2, 0) is 17.8 Å². The summed E-state index contributed by atoms with van der Waals surface area (Å²) in [5.74, 6) is 2.34. The molecule has 0 unspecified atom stereocenters. The zero-order valence-electron chi connectivity index (χ0n) is 16.6. The first-order chi connectivity index (χ1) is 14.1. The van der Waals surface area contributed by atoms with E-state index in [1.54, 1.807) is 31.0 Å². The average molecular weight is 397 g/mol. The molecule has 0 aliphatic carbocycles. The van der Waals surface area contributed by atoms with Crippen molar-refractivity contribution in [2.24, 2.45) is 0 Å². The average Bonchev–Trinajstić information content (AvgIpc) is 3.21.